The van der Waals surface area contributed by atoms with Crippen LogP contribution in [-0.2, 0) is 11.3 Å². The fraction of sp³-hybridized carbons (Fsp3) is 0.200. The van der Waals surface area contributed by atoms with E-state index in [0.29, 0.717) is 17.5 Å². The number of tetrazole rings is 1. The third-order valence-electron chi connectivity index (χ3n) is 3.25. The Morgan fingerprint density at radius 1 is 1.32 bits per heavy atom. The molecule has 10 heteroatoms. The summed E-state index contributed by atoms with van der Waals surface area (Å²) in [5.74, 6) is -1.59. The minimum absolute atomic E-state index is 0.304. The SMILES string of the molecule is CC(Sc1nnnn1Cc1ccco1)C(=O)Nc1c(F)cccc1F. The number of benzene rings is 1. The molecule has 1 N–H and O–H groups in total. The number of amides is 1. The van der Waals surface area contributed by atoms with Gasteiger partial charge in [0.15, 0.2) is 0 Å². The topological polar surface area (TPSA) is 85.8 Å². The highest BCUT2D eigenvalue weighted by Gasteiger charge is 2.21. The van der Waals surface area contributed by atoms with E-state index in [1.54, 1.807) is 19.1 Å². The van der Waals surface area contributed by atoms with Crippen molar-refractivity contribution in [1.82, 2.24) is 20.2 Å². The van der Waals surface area contributed by atoms with Gasteiger partial charge in [0.05, 0.1) is 11.5 Å². The average molecular weight is 365 g/mol. The lowest BCUT2D eigenvalue weighted by molar-refractivity contribution is -0.115. The Balaban J connectivity index is 1.67. The second-order valence-electron chi connectivity index (χ2n) is 5.04. The normalized spacial score (nSPS) is 12.1. The summed E-state index contributed by atoms with van der Waals surface area (Å²) in [4.78, 5) is 12.2. The van der Waals surface area contributed by atoms with Gasteiger partial charge in [-0.05, 0) is 41.6 Å². The second-order valence-corrected chi connectivity index (χ2v) is 6.35. The molecule has 0 saturated carbocycles. The molecule has 1 unspecified atom stereocenters. The minimum atomic E-state index is -0.840. The summed E-state index contributed by atoms with van der Waals surface area (Å²) >= 11 is 1.07. The van der Waals surface area contributed by atoms with Crippen LogP contribution >= 0.6 is 11.8 Å². The van der Waals surface area contributed by atoms with Crippen molar-refractivity contribution in [2.24, 2.45) is 0 Å². The van der Waals surface area contributed by atoms with Crippen LogP contribution in [0.5, 0.6) is 0 Å². The van der Waals surface area contributed by atoms with Crippen molar-refractivity contribution in [2.45, 2.75) is 23.9 Å². The maximum absolute atomic E-state index is 13.6. The summed E-state index contributed by atoms with van der Waals surface area (Å²) in [6.07, 6.45) is 1.53. The number of thioether (sulfide) groups is 1. The van der Waals surface area contributed by atoms with E-state index in [2.05, 4.69) is 20.8 Å². The first-order chi connectivity index (χ1) is 12.0. The Morgan fingerprint density at radius 3 is 2.76 bits per heavy atom. The summed E-state index contributed by atoms with van der Waals surface area (Å²) in [5, 5.41) is 13.2. The smallest absolute Gasteiger partial charge is 0.237 e. The monoisotopic (exact) mass is 365 g/mol. The molecule has 0 aliphatic carbocycles. The Labute approximate surface area is 145 Å². The molecule has 25 heavy (non-hydrogen) atoms. The number of carbonyl (C=O) groups excluding carboxylic acids is 1. The summed E-state index contributed by atoms with van der Waals surface area (Å²) in [6, 6.07) is 6.88. The number of hydrogen-bond donors (Lipinski definition) is 1. The van der Waals surface area contributed by atoms with E-state index in [1.807, 2.05) is 0 Å². The van der Waals surface area contributed by atoms with Crippen molar-refractivity contribution in [1.29, 1.82) is 0 Å². The molecule has 0 bridgehead atoms. The molecular formula is C15H13F2N5O2S. The molecule has 0 aliphatic heterocycles. The predicted octanol–water partition coefficient (Wildman–Crippen LogP) is 2.71. The highest BCUT2D eigenvalue weighted by atomic mass is 32.2. The lowest BCUT2D eigenvalue weighted by atomic mass is 10.3. The number of hydrogen-bond acceptors (Lipinski definition) is 6. The van der Waals surface area contributed by atoms with E-state index in [0.717, 1.165) is 23.9 Å². The van der Waals surface area contributed by atoms with Crippen LogP contribution in [0.4, 0.5) is 14.5 Å². The van der Waals surface area contributed by atoms with Crippen molar-refractivity contribution in [3.63, 3.8) is 0 Å². The van der Waals surface area contributed by atoms with Gasteiger partial charge >= 0.3 is 0 Å². The van der Waals surface area contributed by atoms with Crippen molar-refractivity contribution in [3.05, 3.63) is 54.0 Å². The van der Waals surface area contributed by atoms with Crippen LogP contribution in [-0.4, -0.2) is 31.4 Å². The largest absolute Gasteiger partial charge is 0.467 e. The standard InChI is InChI=1S/C15H13F2N5O2S/c1-9(14(23)18-13-11(16)5-2-6-12(13)17)25-15-19-20-21-22(15)8-10-4-3-7-24-10/h2-7,9H,8H2,1H3,(H,18,23). The molecule has 0 spiro atoms. The quantitative estimate of drug-likeness (QED) is 0.676. The first kappa shape index (κ1) is 17.1. The number of para-hydroxylation sites is 1. The highest BCUT2D eigenvalue weighted by molar-refractivity contribution is 8.00. The number of carbonyl (C=O) groups is 1. The highest BCUT2D eigenvalue weighted by Crippen LogP contribution is 2.24. The molecule has 3 aromatic rings. The van der Waals surface area contributed by atoms with Gasteiger partial charge in [0.1, 0.15) is 29.6 Å². The predicted molar refractivity (Wildman–Crippen MR) is 85.9 cm³/mol. The molecule has 2 aromatic heterocycles. The number of furan rings is 1. The Hall–Kier alpha value is -2.75. The van der Waals surface area contributed by atoms with E-state index in [9.17, 15) is 13.6 Å². The van der Waals surface area contributed by atoms with Crippen LogP contribution in [0, 0.1) is 11.6 Å². The van der Waals surface area contributed by atoms with Gasteiger partial charge in [-0.25, -0.2) is 13.5 Å². The number of anilines is 1. The Kier molecular flexibility index (Phi) is 5.08. The maximum Gasteiger partial charge on any atom is 0.237 e. The van der Waals surface area contributed by atoms with E-state index in [-0.39, 0.29) is 0 Å². The molecule has 1 amide bonds. The number of nitrogens with zero attached hydrogens (tertiary/aromatic N) is 4. The van der Waals surface area contributed by atoms with Crippen molar-refractivity contribution < 1.29 is 18.0 Å². The van der Waals surface area contributed by atoms with Crippen molar-refractivity contribution in [3.8, 4) is 0 Å². The number of nitrogens with one attached hydrogen (secondary N) is 1. The lowest BCUT2D eigenvalue weighted by Crippen LogP contribution is -2.24. The third kappa shape index (κ3) is 4.02. The van der Waals surface area contributed by atoms with Crippen LogP contribution < -0.4 is 5.32 Å². The third-order valence-corrected chi connectivity index (χ3v) is 4.32. The van der Waals surface area contributed by atoms with Crippen LogP contribution in [0.1, 0.15) is 12.7 Å². The van der Waals surface area contributed by atoms with Gasteiger partial charge in [-0.1, -0.05) is 17.8 Å². The molecule has 1 atom stereocenters. The number of aromatic nitrogens is 4. The molecule has 0 aliphatic rings. The summed E-state index contributed by atoms with van der Waals surface area (Å²) in [6.45, 7) is 1.89. The van der Waals surface area contributed by atoms with Crippen LogP contribution in [0.15, 0.2) is 46.2 Å². The summed E-state index contributed by atoms with van der Waals surface area (Å²) in [5.41, 5.74) is -0.477. The van der Waals surface area contributed by atoms with Crippen LogP contribution in [0.2, 0.25) is 0 Å². The molecule has 2 heterocycles. The second kappa shape index (κ2) is 7.43. The zero-order valence-corrected chi connectivity index (χ0v) is 13.8. The first-order valence-electron chi connectivity index (χ1n) is 7.24. The van der Waals surface area contributed by atoms with Gasteiger partial charge in [-0.15, -0.1) is 5.10 Å². The fourth-order valence-corrected chi connectivity index (χ4v) is 2.77. The lowest BCUT2D eigenvalue weighted by Gasteiger charge is -2.12. The van der Waals surface area contributed by atoms with Gasteiger partial charge < -0.3 is 9.73 Å². The molecular weight excluding hydrogens is 352 g/mol. The molecule has 3 rings (SSSR count). The Bertz CT molecular complexity index is 848. The number of halogens is 2. The fourth-order valence-electron chi connectivity index (χ4n) is 1.98. The van der Waals surface area contributed by atoms with Crippen LogP contribution in [0.25, 0.3) is 0 Å². The van der Waals surface area contributed by atoms with E-state index < -0.39 is 28.5 Å². The molecule has 130 valence electrons. The molecule has 1 aromatic carbocycles. The molecule has 7 nitrogen and oxygen atoms in total. The summed E-state index contributed by atoms with van der Waals surface area (Å²) < 4.78 is 33.9. The van der Waals surface area contributed by atoms with E-state index >= 15 is 0 Å². The molecule has 0 radical (unpaired) electrons. The van der Waals surface area contributed by atoms with Gasteiger partial charge in [0.25, 0.3) is 0 Å². The van der Waals surface area contributed by atoms with Crippen molar-refractivity contribution >= 4 is 23.4 Å². The number of rotatable bonds is 6. The van der Waals surface area contributed by atoms with Gasteiger partial charge in [-0.3, -0.25) is 4.79 Å². The average Bonchev–Trinajstić information content (AvgIpc) is 3.24. The van der Waals surface area contributed by atoms with E-state index in [4.69, 9.17) is 4.42 Å². The molecule has 0 saturated heterocycles. The first-order valence-corrected chi connectivity index (χ1v) is 8.12. The maximum atomic E-state index is 13.6. The van der Waals surface area contributed by atoms with Crippen molar-refractivity contribution in [2.75, 3.05) is 5.32 Å². The minimum Gasteiger partial charge on any atom is -0.467 e. The zero-order valence-electron chi connectivity index (χ0n) is 13.0. The molecule has 0 fully saturated rings. The van der Waals surface area contributed by atoms with Gasteiger partial charge in [-0.2, -0.15) is 0 Å². The van der Waals surface area contributed by atoms with Gasteiger partial charge in [0, 0.05) is 0 Å². The van der Waals surface area contributed by atoms with Crippen LogP contribution in [0.3, 0.4) is 0 Å². The van der Waals surface area contributed by atoms with E-state index in [1.165, 1.54) is 17.0 Å². The zero-order chi connectivity index (χ0) is 17.8. The Morgan fingerprint density at radius 2 is 2.08 bits per heavy atom. The summed E-state index contributed by atoms with van der Waals surface area (Å²) in [7, 11) is 0. The van der Waals surface area contributed by atoms with Gasteiger partial charge in [0.2, 0.25) is 11.1 Å².